The van der Waals surface area contributed by atoms with E-state index < -0.39 is 5.60 Å². The molecule has 5 nitrogen and oxygen atoms in total. The molecule has 0 unspecified atom stereocenters. The van der Waals surface area contributed by atoms with Gasteiger partial charge in [-0.15, -0.1) is 0 Å². The molecule has 0 radical (unpaired) electrons. The number of phenolic OH excluding ortho intramolecular Hbond substituents is 1. The Labute approximate surface area is 122 Å². The van der Waals surface area contributed by atoms with Gasteiger partial charge >= 0.3 is 0 Å². The summed E-state index contributed by atoms with van der Waals surface area (Å²) in [6.45, 7) is 1.19. The number of halogens is 1. The Kier molecular flexibility index (Phi) is 4.52. The highest BCUT2D eigenvalue weighted by molar-refractivity contribution is 6.30. The number of hydrogen-bond donors (Lipinski definition) is 2. The maximum atomic E-state index is 12.3. The van der Waals surface area contributed by atoms with Crippen molar-refractivity contribution in [3.8, 4) is 5.75 Å². The summed E-state index contributed by atoms with van der Waals surface area (Å²) in [4.78, 5) is 13.7. The Morgan fingerprint density at radius 1 is 1.45 bits per heavy atom. The smallest absolute Gasteiger partial charge is 0.257 e. The molecule has 1 saturated heterocycles. The molecule has 0 spiro atoms. The van der Waals surface area contributed by atoms with Gasteiger partial charge in [0.05, 0.1) is 11.2 Å². The fourth-order valence-corrected chi connectivity index (χ4v) is 2.48. The standard InChI is InChI=1S/C14H18ClNO4/c1-16(9-14(19)4-6-20-7-5-14)13(18)11-3-2-10(15)8-12(11)17/h2-3,8,17,19H,4-7,9H2,1H3. The van der Waals surface area contributed by atoms with Gasteiger partial charge in [0.2, 0.25) is 0 Å². The molecule has 0 atom stereocenters. The topological polar surface area (TPSA) is 70.0 Å². The average molecular weight is 300 g/mol. The number of phenols is 1. The molecule has 2 N–H and O–H groups in total. The fourth-order valence-electron chi connectivity index (χ4n) is 2.31. The number of likely N-dealkylation sites (N-methyl/N-ethyl adjacent to an activating group) is 1. The molecule has 0 bridgehead atoms. The van der Waals surface area contributed by atoms with E-state index in [1.54, 1.807) is 13.1 Å². The van der Waals surface area contributed by atoms with E-state index in [0.29, 0.717) is 31.1 Å². The highest BCUT2D eigenvalue weighted by atomic mass is 35.5. The van der Waals surface area contributed by atoms with Gasteiger partial charge in [0.15, 0.2) is 0 Å². The van der Waals surface area contributed by atoms with E-state index in [4.69, 9.17) is 16.3 Å². The quantitative estimate of drug-likeness (QED) is 0.890. The molecule has 1 aromatic carbocycles. The second kappa shape index (κ2) is 5.99. The predicted octanol–water partition coefficient (Wildman–Crippen LogP) is 1.66. The summed E-state index contributed by atoms with van der Waals surface area (Å²) >= 11 is 5.74. The van der Waals surface area contributed by atoms with Gasteiger partial charge in [-0.3, -0.25) is 4.79 Å². The van der Waals surface area contributed by atoms with Gasteiger partial charge in [-0.1, -0.05) is 11.6 Å². The van der Waals surface area contributed by atoms with Crippen LogP contribution in [0.2, 0.25) is 5.02 Å². The third kappa shape index (κ3) is 3.42. The van der Waals surface area contributed by atoms with Crippen LogP contribution in [0, 0.1) is 0 Å². The zero-order chi connectivity index (χ0) is 14.8. The summed E-state index contributed by atoms with van der Waals surface area (Å²) in [6.07, 6.45) is 0.994. The number of amides is 1. The van der Waals surface area contributed by atoms with E-state index in [9.17, 15) is 15.0 Å². The first-order valence-corrected chi connectivity index (χ1v) is 6.83. The summed E-state index contributed by atoms with van der Waals surface area (Å²) in [5.41, 5.74) is -0.752. The van der Waals surface area contributed by atoms with E-state index in [2.05, 4.69) is 0 Å². The zero-order valence-corrected chi connectivity index (χ0v) is 12.1. The van der Waals surface area contributed by atoms with E-state index >= 15 is 0 Å². The van der Waals surface area contributed by atoms with Gasteiger partial charge in [0.1, 0.15) is 5.75 Å². The number of ether oxygens (including phenoxy) is 1. The molecule has 0 aromatic heterocycles. The van der Waals surface area contributed by atoms with Crippen LogP contribution in [0.25, 0.3) is 0 Å². The monoisotopic (exact) mass is 299 g/mol. The largest absolute Gasteiger partial charge is 0.507 e. The number of rotatable bonds is 3. The number of nitrogens with zero attached hydrogens (tertiary/aromatic N) is 1. The van der Waals surface area contributed by atoms with Crippen molar-refractivity contribution < 1.29 is 19.7 Å². The summed E-state index contributed by atoms with van der Waals surface area (Å²) in [7, 11) is 1.60. The van der Waals surface area contributed by atoms with Gasteiger partial charge < -0.3 is 19.8 Å². The minimum Gasteiger partial charge on any atom is -0.507 e. The molecule has 0 aliphatic carbocycles. The first-order valence-electron chi connectivity index (χ1n) is 6.45. The third-order valence-electron chi connectivity index (χ3n) is 3.49. The number of aromatic hydroxyl groups is 1. The minimum absolute atomic E-state index is 0.159. The van der Waals surface area contributed by atoms with E-state index in [1.807, 2.05) is 0 Å². The van der Waals surface area contributed by atoms with Crippen LogP contribution in [0.1, 0.15) is 23.2 Å². The maximum Gasteiger partial charge on any atom is 0.257 e. The lowest BCUT2D eigenvalue weighted by Gasteiger charge is -2.35. The van der Waals surface area contributed by atoms with Crippen molar-refractivity contribution in [1.29, 1.82) is 0 Å². The summed E-state index contributed by atoms with van der Waals surface area (Å²) in [5.74, 6) is -0.507. The zero-order valence-electron chi connectivity index (χ0n) is 11.3. The third-order valence-corrected chi connectivity index (χ3v) is 3.73. The number of carbonyl (C=O) groups excluding carboxylic acids is 1. The Morgan fingerprint density at radius 2 is 2.10 bits per heavy atom. The molecule has 1 fully saturated rings. The highest BCUT2D eigenvalue weighted by Gasteiger charge is 2.32. The highest BCUT2D eigenvalue weighted by Crippen LogP contribution is 2.25. The molecule has 1 amide bonds. The van der Waals surface area contributed by atoms with Gasteiger partial charge in [-0.05, 0) is 18.2 Å². The maximum absolute atomic E-state index is 12.3. The Balaban J connectivity index is 2.08. The van der Waals surface area contributed by atoms with Crippen LogP contribution >= 0.6 is 11.6 Å². The average Bonchev–Trinajstić information content (AvgIpc) is 2.38. The number of aliphatic hydroxyl groups is 1. The van der Waals surface area contributed by atoms with Crippen molar-refractivity contribution in [2.45, 2.75) is 18.4 Å². The number of carbonyl (C=O) groups is 1. The Hall–Kier alpha value is -1.30. The van der Waals surface area contributed by atoms with Crippen LogP contribution in [0.15, 0.2) is 18.2 Å². The lowest BCUT2D eigenvalue weighted by Crippen LogP contribution is -2.47. The van der Waals surface area contributed by atoms with E-state index in [1.165, 1.54) is 17.0 Å². The molecule has 0 saturated carbocycles. The number of benzene rings is 1. The molecule has 1 aliphatic heterocycles. The van der Waals surface area contributed by atoms with Crippen molar-refractivity contribution in [1.82, 2.24) is 4.90 Å². The van der Waals surface area contributed by atoms with Gasteiger partial charge in [-0.25, -0.2) is 0 Å². The van der Waals surface area contributed by atoms with Crippen LogP contribution in [0.5, 0.6) is 5.75 Å². The van der Waals surface area contributed by atoms with Crippen LogP contribution in [0.4, 0.5) is 0 Å². The van der Waals surface area contributed by atoms with Crippen LogP contribution < -0.4 is 0 Å². The molecular formula is C14H18ClNO4. The molecule has 2 rings (SSSR count). The molecule has 1 heterocycles. The summed E-state index contributed by atoms with van der Waals surface area (Å²) in [6, 6.07) is 4.35. The summed E-state index contributed by atoms with van der Waals surface area (Å²) in [5, 5.41) is 20.5. The SMILES string of the molecule is CN(CC1(O)CCOCC1)C(=O)c1ccc(Cl)cc1O. The second-order valence-corrected chi connectivity index (χ2v) is 5.60. The first kappa shape index (κ1) is 15.1. The van der Waals surface area contributed by atoms with Gasteiger partial charge in [0, 0.05) is 44.7 Å². The van der Waals surface area contributed by atoms with Crippen molar-refractivity contribution in [3.05, 3.63) is 28.8 Å². The second-order valence-electron chi connectivity index (χ2n) is 5.16. The lowest BCUT2D eigenvalue weighted by molar-refractivity contribution is -0.0734. The lowest BCUT2D eigenvalue weighted by atomic mass is 9.93. The Bertz CT molecular complexity index is 500. The van der Waals surface area contributed by atoms with Crippen molar-refractivity contribution >= 4 is 17.5 Å². The van der Waals surface area contributed by atoms with Crippen molar-refractivity contribution in [2.75, 3.05) is 26.8 Å². The van der Waals surface area contributed by atoms with Gasteiger partial charge in [0.25, 0.3) is 5.91 Å². The summed E-state index contributed by atoms with van der Waals surface area (Å²) < 4.78 is 5.21. The van der Waals surface area contributed by atoms with E-state index in [-0.39, 0.29) is 23.8 Å². The minimum atomic E-state index is -0.926. The molecular weight excluding hydrogens is 282 g/mol. The molecule has 1 aliphatic rings. The normalized spacial score (nSPS) is 17.8. The first-order chi connectivity index (χ1) is 9.41. The van der Waals surface area contributed by atoms with Crippen LogP contribution in [-0.4, -0.2) is 53.4 Å². The fraction of sp³-hybridized carbons (Fsp3) is 0.500. The van der Waals surface area contributed by atoms with Crippen LogP contribution in [-0.2, 0) is 4.74 Å². The van der Waals surface area contributed by atoms with Gasteiger partial charge in [-0.2, -0.15) is 0 Å². The Morgan fingerprint density at radius 3 is 2.70 bits per heavy atom. The number of hydrogen-bond acceptors (Lipinski definition) is 4. The molecule has 6 heteroatoms. The predicted molar refractivity (Wildman–Crippen MR) is 75.1 cm³/mol. The molecule has 110 valence electrons. The molecule has 20 heavy (non-hydrogen) atoms. The van der Waals surface area contributed by atoms with Crippen LogP contribution in [0.3, 0.4) is 0 Å². The van der Waals surface area contributed by atoms with E-state index in [0.717, 1.165) is 0 Å². The molecule has 1 aromatic rings. The van der Waals surface area contributed by atoms with Crippen molar-refractivity contribution in [3.63, 3.8) is 0 Å². The van der Waals surface area contributed by atoms with Crippen molar-refractivity contribution in [2.24, 2.45) is 0 Å².